The molecule has 0 amide bonds. The average Bonchev–Trinajstić information content (AvgIpc) is 2.79. The van der Waals surface area contributed by atoms with Gasteiger partial charge in [-0.05, 0) is 49.9 Å². The molecule has 1 N–H and O–H groups in total. The number of carbonyl (C=O) groups is 1. The van der Waals surface area contributed by atoms with Crippen LogP contribution in [0.2, 0.25) is 0 Å². The second kappa shape index (κ2) is 11.3. The predicted molar refractivity (Wildman–Crippen MR) is 116 cm³/mol. The monoisotopic (exact) mass is 467 g/mol. The van der Waals surface area contributed by atoms with E-state index >= 15 is 0 Å². The maximum atomic E-state index is 12.5. The van der Waals surface area contributed by atoms with Crippen LogP contribution in [-0.4, -0.2) is 60.6 Å². The number of carboxylic acid groups (broad SMARTS) is 1. The molecule has 0 bridgehead atoms. The van der Waals surface area contributed by atoms with Crippen molar-refractivity contribution in [1.82, 2.24) is 9.97 Å². The molecule has 0 atom stereocenters. The van der Waals surface area contributed by atoms with Crippen molar-refractivity contribution in [3.05, 3.63) is 36.2 Å². The molecule has 1 aromatic carbocycles. The van der Waals surface area contributed by atoms with Crippen molar-refractivity contribution in [3.63, 3.8) is 0 Å². The largest absolute Gasteiger partial charge is 0.491 e. The second-order valence-electron chi connectivity index (χ2n) is 7.97. The lowest BCUT2D eigenvalue weighted by molar-refractivity contribution is -0.142. The Morgan fingerprint density at radius 2 is 1.88 bits per heavy atom. The molecule has 10 heteroatoms. The number of aryl methyl sites for hydroxylation is 1. The molecular formula is C23H28F3N3O4. The molecule has 2 heterocycles. The molecule has 0 radical (unpaired) electrons. The van der Waals surface area contributed by atoms with Crippen LogP contribution in [0, 0.1) is 5.92 Å². The number of methoxy groups -OCH3 is 1. The molecule has 1 fully saturated rings. The molecule has 180 valence electrons. The molecule has 0 unspecified atom stereocenters. The van der Waals surface area contributed by atoms with Crippen LogP contribution in [0.5, 0.6) is 5.75 Å². The number of hydrogen-bond acceptors (Lipinski definition) is 6. The number of aliphatic carboxylic acids is 1. The van der Waals surface area contributed by atoms with Gasteiger partial charge >= 0.3 is 12.1 Å². The van der Waals surface area contributed by atoms with Crippen molar-refractivity contribution in [2.24, 2.45) is 5.92 Å². The van der Waals surface area contributed by atoms with E-state index in [1.54, 1.807) is 7.11 Å². The van der Waals surface area contributed by atoms with Crippen molar-refractivity contribution in [2.45, 2.75) is 38.3 Å². The Morgan fingerprint density at radius 1 is 1.18 bits per heavy atom. The van der Waals surface area contributed by atoms with Gasteiger partial charge in [0.1, 0.15) is 18.1 Å². The molecule has 33 heavy (non-hydrogen) atoms. The minimum Gasteiger partial charge on any atom is -0.491 e. The van der Waals surface area contributed by atoms with Gasteiger partial charge in [-0.3, -0.25) is 9.78 Å². The molecule has 1 saturated heterocycles. The van der Waals surface area contributed by atoms with E-state index in [1.807, 2.05) is 29.2 Å². The van der Waals surface area contributed by atoms with Gasteiger partial charge < -0.3 is 19.5 Å². The molecule has 3 rings (SSSR count). The summed E-state index contributed by atoms with van der Waals surface area (Å²) in [5.41, 5.74) is 1.88. The van der Waals surface area contributed by atoms with Gasteiger partial charge in [-0.15, -0.1) is 0 Å². The Labute approximate surface area is 190 Å². The number of anilines is 1. The fourth-order valence-corrected chi connectivity index (χ4v) is 3.72. The van der Waals surface area contributed by atoms with E-state index in [0.29, 0.717) is 62.1 Å². The second-order valence-corrected chi connectivity index (χ2v) is 7.97. The quantitative estimate of drug-likeness (QED) is 0.520. The Morgan fingerprint density at radius 3 is 2.48 bits per heavy atom. The maximum Gasteiger partial charge on any atom is 0.389 e. The van der Waals surface area contributed by atoms with Crippen LogP contribution < -0.4 is 9.64 Å². The smallest absolute Gasteiger partial charge is 0.389 e. The summed E-state index contributed by atoms with van der Waals surface area (Å²) in [5, 5.41) is 9.28. The van der Waals surface area contributed by atoms with Crippen LogP contribution in [0.1, 0.15) is 31.4 Å². The minimum absolute atomic E-state index is 0.0639. The van der Waals surface area contributed by atoms with E-state index < -0.39 is 24.5 Å². The van der Waals surface area contributed by atoms with Gasteiger partial charge in [0.25, 0.3) is 0 Å². The molecule has 1 aliphatic rings. The fraction of sp³-hybridized carbons (Fsp3) is 0.522. The summed E-state index contributed by atoms with van der Waals surface area (Å²) >= 11 is 0. The third-order valence-corrected chi connectivity index (χ3v) is 5.52. The average molecular weight is 467 g/mol. The topological polar surface area (TPSA) is 84.8 Å². The van der Waals surface area contributed by atoms with E-state index in [-0.39, 0.29) is 12.8 Å². The number of halogens is 3. The van der Waals surface area contributed by atoms with Crippen molar-refractivity contribution in [2.75, 3.05) is 38.3 Å². The van der Waals surface area contributed by atoms with Crippen LogP contribution in [-0.2, 0) is 16.0 Å². The summed E-state index contributed by atoms with van der Waals surface area (Å²) in [6.45, 7) is 1.87. The van der Waals surface area contributed by atoms with Gasteiger partial charge in [-0.1, -0.05) is 0 Å². The molecule has 0 aliphatic carbocycles. The van der Waals surface area contributed by atoms with Gasteiger partial charge in [-0.2, -0.15) is 13.2 Å². The normalized spacial score (nSPS) is 15.0. The third kappa shape index (κ3) is 7.31. The number of hydrogen-bond donors (Lipinski definition) is 1. The number of ether oxygens (including phenoxy) is 2. The zero-order valence-electron chi connectivity index (χ0n) is 18.5. The van der Waals surface area contributed by atoms with Crippen LogP contribution in [0.25, 0.3) is 11.3 Å². The Balaban J connectivity index is 1.81. The highest BCUT2D eigenvalue weighted by Crippen LogP contribution is 2.32. The lowest BCUT2D eigenvalue weighted by Gasteiger charge is -2.32. The van der Waals surface area contributed by atoms with E-state index in [9.17, 15) is 23.1 Å². The Kier molecular flexibility index (Phi) is 8.49. The lowest BCUT2D eigenvalue weighted by atomic mass is 9.97. The zero-order chi connectivity index (χ0) is 23.8. The highest BCUT2D eigenvalue weighted by Gasteiger charge is 2.28. The standard InChI is InChI=1S/C23H28F3N3O4/c1-32-13-14-33-19-6-4-16(5-7-19)20-21(29-11-8-17(9-12-29)22(30)31)28-18(15-27-20)3-2-10-23(24,25)26/h4-7,15,17H,2-3,8-14H2,1H3,(H,30,31). The van der Waals surface area contributed by atoms with E-state index in [0.717, 1.165) is 5.56 Å². The Bertz CT molecular complexity index is 914. The molecule has 0 saturated carbocycles. The first-order valence-electron chi connectivity index (χ1n) is 10.9. The summed E-state index contributed by atoms with van der Waals surface area (Å²) in [6.07, 6.45) is -2.52. The fourth-order valence-electron chi connectivity index (χ4n) is 3.72. The SMILES string of the molecule is COCCOc1ccc(-c2ncc(CCCC(F)(F)F)nc2N2CCC(C(=O)O)CC2)cc1. The number of aromatic nitrogens is 2. The van der Waals surface area contributed by atoms with Gasteiger partial charge in [-0.25, -0.2) is 4.98 Å². The maximum absolute atomic E-state index is 12.5. The van der Waals surface area contributed by atoms with Crippen molar-refractivity contribution in [1.29, 1.82) is 0 Å². The first-order valence-corrected chi connectivity index (χ1v) is 10.9. The van der Waals surface area contributed by atoms with Crippen LogP contribution in [0.15, 0.2) is 30.5 Å². The van der Waals surface area contributed by atoms with Gasteiger partial charge in [0.15, 0.2) is 5.82 Å². The number of nitrogens with zero attached hydrogens (tertiary/aromatic N) is 3. The predicted octanol–water partition coefficient (Wildman–Crippen LogP) is 4.35. The summed E-state index contributed by atoms with van der Waals surface area (Å²) in [5.74, 6) is 0.0230. The van der Waals surface area contributed by atoms with Gasteiger partial charge in [0, 0.05) is 38.4 Å². The third-order valence-electron chi connectivity index (χ3n) is 5.52. The molecule has 0 spiro atoms. The molecule has 7 nitrogen and oxygen atoms in total. The van der Waals surface area contributed by atoms with Crippen molar-refractivity contribution in [3.8, 4) is 17.0 Å². The van der Waals surface area contributed by atoms with Crippen LogP contribution in [0.3, 0.4) is 0 Å². The summed E-state index contributed by atoms with van der Waals surface area (Å²) in [6, 6.07) is 7.32. The van der Waals surface area contributed by atoms with E-state index in [2.05, 4.69) is 9.97 Å². The first kappa shape index (κ1) is 24.8. The van der Waals surface area contributed by atoms with Crippen LogP contribution in [0.4, 0.5) is 19.0 Å². The number of piperidine rings is 1. The summed E-state index contributed by atoms with van der Waals surface area (Å²) < 4.78 is 48.2. The summed E-state index contributed by atoms with van der Waals surface area (Å²) in [7, 11) is 1.60. The number of carboxylic acids is 1. The summed E-state index contributed by atoms with van der Waals surface area (Å²) in [4.78, 5) is 22.5. The number of rotatable bonds is 10. The molecule has 1 aromatic heterocycles. The number of benzene rings is 1. The molecule has 2 aromatic rings. The lowest BCUT2D eigenvalue weighted by Crippen LogP contribution is -2.37. The first-order chi connectivity index (χ1) is 15.8. The van der Waals surface area contributed by atoms with Crippen molar-refractivity contribution >= 4 is 11.8 Å². The van der Waals surface area contributed by atoms with Gasteiger partial charge in [0.2, 0.25) is 0 Å². The Hall–Kier alpha value is -2.88. The highest BCUT2D eigenvalue weighted by atomic mass is 19.4. The molecule has 1 aliphatic heterocycles. The van der Waals surface area contributed by atoms with Gasteiger partial charge in [0.05, 0.1) is 18.2 Å². The highest BCUT2D eigenvalue weighted by molar-refractivity contribution is 5.74. The van der Waals surface area contributed by atoms with Crippen LogP contribution >= 0.6 is 0 Å². The molecular weight excluding hydrogens is 439 g/mol. The number of alkyl halides is 3. The van der Waals surface area contributed by atoms with Crippen molar-refractivity contribution < 1.29 is 32.5 Å². The van der Waals surface area contributed by atoms with E-state index in [4.69, 9.17) is 9.47 Å². The van der Waals surface area contributed by atoms with E-state index in [1.165, 1.54) is 6.20 Å². The minimum atomic E-state index is -4.21. The zero-order valence-corrected chi connectivity index (χ0v) is 18.5.